The first-order chi connectivity index (χ1) is 14.0. The van der Waals surface area contributed by atoms with Crippen LogP contribution < -0.4 is 5.32 Å². The summed E-state index contributed by atoms with van der Waals surface area (Å²) < 4.78 is 0. The molecule has 1 fully saturated rings. The van der Waals surface area contributed by atoms with Crippen molar-refractivity contribution in [2.45, 2.75) is 58.8 Å². The minimum Gasteiger partial charge on any atom is -0.325 e. The van der Waals surface area contributed by atoms with Crippen molar-refractivity contribution in [1.29, 1.82) is 0 Å². The molecule has 3 aliphatic rings. The Hall–Kier alpha value is -2.61. The van der Waals surface area contributed by atoms with Gasteiger partial charge in [-0.3, -0.25) is 4.79 Å². The molecule has 2 aromatic rings. The van der Waals surface area contributed by atoms with E-state index in [1.807, 2.05) is 0 Å². The number of anilines is 1. The first kappa shape index (κ1) is 18.4. The molecule has 1 saturated carbocycles. The van der Waals surface area contributed by atoms with Crippen LogP contribution in [0.15, 0.2) is 42.5 Å². The number of fused-ring (bicyclic) bond motifs is 4. The molecule has 1 amide bonds. The number of carbonyl (C=O) groups excluding carboxylic acids is 1. The van der Waals surface area contributed by atoms with E-state index in [1.54, 1.807) is 0 Å². The lowest BCUT2D eigenvalue weighted by atomic mass is 9.75. The Kier molecular flexibility index (Phi) is 4.46. The molecule has 1 heterocycles. The molecule has 0 atom stereocenters. The van der Waals surface area contributed by atoms with Crippen LogP contribution >= 0.6 is 0 Å². The first-order valence-corrected chi connectivity index (χ1v) is 11.0. The van der Waals surface area contributed by atoms with Crippen molar-refractivity contribution in [1.82, 2.24) is 0 Å². The highest BCUT2D eigenvalue weighted by molar-refractivity contribution is 6.12. The van der Waals surface area contributed by atoms with Crippen molar-refractivity contribution in [2.75, 3.05) is 5.32 Å². The van der Waals surface area contributed by atoms with E-state index in [-0.39, 0.29) is 5.91 Å². The van der Waals surface area contributed by atoms with Gasteiger partial charge in [0.25, 0.3) is 0 Å². The van der Waals surface area contributed by atoms with E-state index in [0.717, 1.165) is 12.1 Å². The van der Waals surface area contributed by atoms with Crippen molar-refractivity contribution in [2.24, 2.45) is 5.41 Å². The second-order valence-electron chi connectivity index (χ2n) is 9.37. The SMILES string of the molecule is Cc1ccc2c(c1)C1=C(C2)c2cc(/C=C/C3(C)CCCCC3)ccc2NC(=O)C1. The Balaban J connectivity index is 1.54. The molecule has 1 N–H and O–H groups in total. The molecule has 5 rings (SSSR count). The Morgan fingerprint density at radius 3 is 2.55 bits per heavy atom. The molecular formula is C27H29NO. The van der Waals surface area contributed by atoms with Crippen molar-refractivity contribution in [3.63, 3.8) is 0 Å². The number of amides is 1. The van der Waals surface area contributed by atoms with Crippen LogP contribution in [0.3, 0.4) is 0 Å². The molecule has 0 radical (unpaired) electrons. The second kappa shape index (κ2) is 7.02. The molecule has 0 aromatic heterocycles. The maximum atomic E-state index is 12.6. The fraction of sp³-hybridized carbons (Fsp3) is 0.370. The molecular weight excluding hydrogens is 354 g/mol. The van der Waals surface area contributed by atoms with Crippen LogP contribution in [0.5, 0.6) is 0 Å². The summed E-state index contributed by atoms with van der Waals surface area (Å²) in [5, 5.41) is 3.13. The highest BCUT2D eigenvalue weighted by atomic mass is 16.1. The maximum Gasteiger partial charge on any atom is 0.228 e. The van der Waals surface area contributed by atoms with E-state index in [0.29, 0.717) is 11.8 Å². The number of allylic oxidation sites excluding steroid dienone is 2. The summed E-state index contributed by atoms with van der Waals surface area (Å²) in [7, 11) is 0. The fourth-order valence-corrected chi connectivity index (χ4v) is 5.25. The zero-order chi connectivity index (χ0) is 20.0. The number of rotatable bonds is 2. The van der Waals surface area contributed by atoms with Gasteiger partial charge in [-0.15, -0.1) is 0 Å². The van der Waals surface area contributed by atoms with Gasteiger partial charge in [-0.1, -0.05) is 68.2 Å². The van der Waals surface area contributed by atoms with Crippen molar-refractivity contribution in [3.8, 4) is 0 Å². The molecule has 2 aromatic carbocycles. The molecule has 29 heavy (non-hydrogen) atoms. The average molecular weight is 384 g/mol. The van der Waals surface area contributed by atoms with E-state index >= 15 is 0 Å². The minimum absolute atomic E-state index is 0.0867. The summed E-state index contributed by atoms with van der Waals surface area (Å²) >= 11 is 0. The molecule has 148 valence electrons. The number of hydrogen-bond acceptors (Lipinski definition) is 1. The van der Waals surface area contributed by atoms with E-state index in [9.17, 15) is 4.79 Å². The summed E-state index contributed by atoms with van der Waals surface area (Å²) in [6.45, 7) is 4.52. The summed E-state index contributed by atoms with van der Waals surface area (Å²) in [5.74, 6) is 0.0867. The Bertz CT molecular complexity index is 1050. The lowest BCUT2D eigenvalue weighted by Gasteiger charge is -2.30. The summed E-state index contributed by atoms with van der Waals surface area (Å²) in [6, 6.07) is 13.1. The van der Waals surface area contributed by atoms with E-state index in [4.69, 9.17) is 0 Å². The topological polar surface area (TPSA) is 29.1 Å². The smallest absolute Gasteiger partial charge is 0.228 e. The van der Waals surface area contributed by atoms with Crippen LogP contribution in [0.2, 0.25) is 0 Å². The first-order valence-electron chi connectivity index (χ1n) is 11.0. The van der Waals surface area contributed by atoms with Gasteiger partial charge in [0.05, 0.1) is 6.42 Å². The van der Waals surface area contributed by atoms with Crippen molar-refractivity contribution >= 4 is 28.8 Å². The quantitative estimate of drug-likeness (QED) is 0.608. The van der Waals surface area contributed by atoms with E-state index in [1.165, 1.54) is 71.1 Å². The predicted octanol–water partition coefficient (Wildman–Crippen LogP) is 6.79. The van der Waals surface area contributed by atoms with Crippen LogP contribution in [0.4, 0.5) is 5.69 Å². The lowest BCUT2D eigenvalue weighted by molar-refractivity contribution is -0.115. The average Bonchev–Trinajstić information content (AvgIpc) is 2.98. The molecule has 2 aliphatic carbocycles. The standard InChI is InChI=1S/C27H29NO/c1-18-6-8-20-16-22-23(21(20)14-18)17-26(29)28-25-9-7-19(15-24(22)25)10-13-27(2)11-4-3-5-12-27/h6-10,13-15H,3-5,11-12,16-17H2,1-2H3,(H,28,29)/b13-10+. The Labute approximate surface area is 173 Å². The second-order valence-corrected chi connectivity index (χ2v) is 9.37. The third-order valence-electron chi connectivity index (χ3n) is 6.98. The molecule has 0 spiro atoms. The molecule has 2 nitrogen and oxygen atoms in total. The van der Waals surface area contributed by atoms with Gasteiger partial charge >= 0.3 is 0 Å². The zero-order valence-electron chi connectivity index (χ0n) is 17.5. The van der Waals surface area contributed by atoms with Crippen LogP contribution in [0.1, 0.15) is 73.3 Å². The van der Waals surface area contributed by atoms with E-state index < -0.39 is 0 Å². The van der Waals surface area contributed by atoms with Gasteiger partial charge in [-0.05, 0) is 71.6 Å². The van der Waals surface area contributed by atoms with Gasteiger partial charge in [0, 0.05) is 11.3 Å². The summed E-state index contributed by atoms with van der Waals surface area (Å²) in [5.41, 5.74) is 10.1. The summed E-state index contributed by atoms with van der Waals surface area (Å²) in [4.78, 5) is 12.6. The number of nitrogens with one attached hydrogen (secondary N) is 1. The van der Waals surface area contributed by atoms with Gasteiger partial charge in [0.15, 0.2) is 0 Å². The minimum atomic E-state index is 0.0867. The van der Waals surface area contributed by atoms with Gasteiger partial charge in [0.1, 0.15) is 0 Å². The van der Waals surface area contributed by atoms with Gasteiger partial charge in [-0.2, -0.15) is 0 Å². The van der Waals surface area contributed by atoms with E-state index in [2.05, 4.69) is 67.7 Å². The largest absolute Gasteiger partial charge is 0.325 e. The molecule has 0 saturated heterocycles. The number of hydrogen-bond donors (Lipinski definition) is 1. The number of aryl methyl sites for hydroxylation is 1. The predicted molar refractivity (Wildman–Crippen MR) is 122 cm³/mol. The Morgan fingerprint density at radius 2 is 1.72 bits per heavy atom. The third kappa shape index (κ3) is 3.46. The Morgan fingerprint density at radius 1 is 0.931 bits per heavy atom. The highest BCUT2D eigenvalue weighted by Gasteiger charge is 2.29. The molecule has 2 heteroatoms. The number of benzene rings is 2. The third-order valence-corrected chi connectivity index (χ3v) is 6.98. The van der Waals surface area contributed by atoms with Crippen LogP contribution in [0, 0.1) is 12.3 Å². The maximum absolute atomic E-state index is 12.6. The summed E-state index contributed by atoms with van der Waals surface area (Å²) in [6.07, 6.45) is 12.7. The lowest BCUT2D eigenvalue weighted by Crippen LogP contribution is -2.16. The number of carbonyl (C=O) groups is 1. The molecule has 0 unspecified atom stereocenters. The zero-order valence-corrected chi connectivity index (χ0v) is 17.5. The van der Waals surface area contributed by atoms with Crippen molar-refractivity contribution in [3.05, 3.63) is 70.3 Å². The van der Waals surface area contributed by atoms with Gasteiger partial charge in [0.2, 0.25) is 5.91 Å². The van der Waals surface area contributed by atoms with Crippen molar-refractivity contribution < 1.29 is 4.79 Å². The highest BCUT2D eigenvalue weighted by Crippen LogP contribution is 2.45. The van der Waals surface area contributed by atoms with Crippen LogP contribution in [-0.2, 0) is 11.2 Å². The molecule has 0 bridgehead atoms. The van der Waals surface area contributed by atoms with Gasteiger partial charge in [-0.25, -0.2) is 0 Å². The normalized spacial score (nSPS) is 20.1. The van der Waals surface area contributed by atoms with Gasteiger partial charge < -0.3 is 5.32 Å². The molecule has 1 aliphatic heterocycles. The van der Waals surface area contributed by atoms with Crippen LogP contribution in [0.25, 0.3) is 17.2 Å². The fourth-order valence-electron chi connectivity index (χ4n) is 5.25. The monoisotopic (exact) mass is 383 g/mol. The van der Waals surface area contributed by atoms with Crippen LogP contribution in [-0.4, -0.2) is 5.91 Å².